The van der Waals surface area contributed by atoms with Crippen LogP contribution in [0.3, 0.4) is 0 Å². The van der Waals surface area contributed by atoms with Crippen molar-refractivity contribution < 1.29 is 4.79 Å². The van der Waals surface area contributed by atoms with Crippen molar-refractivity contribution >= 4 is 34.2 Å². The smallest absolute Gasteiger partial charge is 0.237 e. The molecule has 1 heterocycles. The zero-order valence-electron chi connectivity index (χ0n) is 14.0. The van der Waals surface area contributed by atoms with Gasteiger partial charge in [0.1, 0.15) is 0 Å². The van der Waals surface area contributed by atoms with Crippen molar-refractivity contribution in [2.24, 2.45) is 5.92 Å². The summed E-state index contributed by atoms with van der Waals surface area (Å²) in [6.07, 6.45) is 5.00. The van der Waals surface area contributed by atoms with Crippen LogP contribution in [-0.2, 0) is 4.79 Å². The van der Waals surface area contributed by atoms with Crippen LogP contribution in [0.15, 0.2) is 24.3 Å². The molecule has 0 bridgehead atoms. The topological polar surface area (TPSA) is 26.8 Å². The fourth-order valence-corrected chi connectivity index (χ4v) is 4.18. The van der Waals surface area contributed by atoms with Crippen molar-refractivity contribution in [3.8, 4) is 0 Å². The summed E-state index contributed by atoms with van der Waals surface area (Å²) in [6.45, 7) is 2.57. The summed E-state index contributed by atoms with van der Waals surface area (Å²) in [7, 11) is 4.10. The highest BCUT2D eigenvalue weighted by molar-refractivity contribution is 14.1. The predicted molar refractivity (Wildman–Crippen MR) is 103 cm³/mol. The molecule has 0 atom stereocenters. The number of carbonyl (C=O) groups excluding carboxylic acids is 1. The molecule has 1 saturated heterocycles. The minimum absolute atomic E-state index is 0.269. The molecule has 2 aliphatic rings. The fourth-order valence-electron chi connectivity index (χ4n) is 3.82. The molecule has 0 radical (unpaired) electrons. The van der Waals surface area contributed by atoms with Gasteiger partial charge in [0.25, 0.3) is 0 Å². The number of hydrogen-bond donors (Lipinski definition) is 0. The number of rotatable bonds is 4. The lowest BCUT2D eigenvalue weighted by Gasteiger charge is -2.35. The largest absolute Gasteiger partial charge is 0.374 e. The highest BCUT2D eigenvalue weighted by Crippen LogP contribution is 2.30. The molecule has 1 aliphatic carbocycles. The van der Waals surface area contributed by atoms with Crippen molar-refractivity contribution in [2.45, 2.75) is 31.7 Å². The number of amides is 1. The second kappa shape index (κ2) is 7.38. The Balaban J connectivity index is 1.47. The Morgan fingerprint density at radius 2 is 1.83 bits per heavy atom. The van der Waals surface area contributed by atoms with Crippen LogP contribution in [0, 0.1) is 9.49 Å². The number of likely N-dealkylation sites (N-methyl/N-ethyl adjacent to an activating group) is 1. The van der Waals surface area contributed by atoms with Crippen molar-refractivity contribution in [1.29, 1.82) is 0 Å². The highest BCUT2D eigenvalue weighted by Gasteiger charge is 2.32. The normalized spacial score (nSPS) is 25.9. The second-order valence-corrected chi connectivity index (χ2v) is 8.26. The van der Waals surface area contributed by atoms with Gasteiger partial charge in [0, 0.05) is 35.9 Å². The van der Waals surface area contributed by atoms with Crippen molar-refractivity contribution in [2.75, 3.05) is 38.8 Å². The zero-order chi connectivity index (χ0) is 16.4. The standard InChI is InChI=1S/C18H26IN3O/c1-20(16-9-5-15(19)6-10-16)11-14-3-7-17(8-4-14)22-12-18(23)21(2)13-22/h5-6,9-10,14,17H,3-4,7-8,11-13H2,1-2H3. The van der Waals surface area contributed by atoms with Gasteiger partial charge in [0.05, 0.1) is 13.2 Å². The van der Waals surface area contributed by atoms with Crippen LogP contribution in [0.1, 0.15) is 25.7 Å². The third-order valence-corrected chi connectivity index (χ3v) is 6.01. The molecule has 2 fully saturated rings. The summed E-state index contributed by atoms with van der Waals surface area (Å²) in [4.78, 5) is 18.3. The SMILES string of the molecule is CN1CN(C2CCC(CN(C)c3ccc(I)cc3)CC2)CC1=O. The van der Waals surface area contributed by atoms with E-state index < -0.39 is 0 Å². The molecule has 1 aromatic carbocycles. The van der Waals surface area contributed by atoms with E-state index in [1.165, 1.54) is 34.9 Å². The maximum atomic E-state index is 11.7. The van der Waals surface area contributed by atoms with Crippen LogP contribution < -0.4 is 4.90 Å². The van der Waals surface area contributed by atoms with Crippen molar-refractivity contribution in [1.82, 2.24) is 9.80 Å². The quantitative estimate of drug-likeness (QED) is 0.692. The number of benzene rings is 1. The third kappa shape index (κ3) is 4.18. The molecule has 0 spiro atoms. The van der Waals surface area contributed by atoms with Gasteiger partial charge >= 0.3 is 0 Å². The number of halogens is 1. The van der Waals surface area contributed by atoms with Gasteiger partial charge in [0.2, 0.25) is 5.91 Å². The van der Waals surface area contributed by atoms with E-state index in [0.717, 1.165) is 19.1 Å². The van der Waals surface area contributed by atoms with Gasteiger partial charge in [-0.3, -0.25) is 9.69 Å². The molecular formula is C18H26IN3O. The Bertz CT molecular complexity index is 540. The fraction of sp³-hybridized carbons (Fsp3) is 0.611. The highest BCUT2D eigenvalue weighted by atomic mass is 127. The van der Waals surface area contributed by atoms with Gasteiger partial charge in [-0.15, -0.1) is 0 Å². The van der Waals surface area contributed by atoms with Crippen molar-refractivity contribution in [3.05, 3.63) is 27.8 Å². The van der Waals surface area contributed by atoms with Crippen LogP contribution in [-0.4, -0.2) is 55.6 Å². The van der Waals surface area contributed by atoms with Gasteiger partial charge in [-0.25, -0.2) is 0 Å². The lowest BCUT2D eigenvalue weighted by atomic mass is 9.85. The lowest BCUT2D eigenvalue weighted by molar-refractivity contribution is -0.125. The van der Waals surface area contributed by atoms with E-state index in [2.05, 4.69) is 63.7 Å². The summed E-state index contributed by atoms with van der Waals surface area (Å²) in [5.41, 5.74) is 1.30. The maximum absolute atomic E-state index is 11.7. The van der Waals surface area contributed by atoms with Crippen LogP contribution >= 0.6 is 22.6 Å². The molecule has 5 heteroatoms. The Morgan fingerprint density at radius 3 is 2.39 bits per heavy atom. The Labute approximate surface area is 153 Å². The first-order chi connectivity index (χ1) is 11.0. The first-order valence-corrected chi connectivity index (χ1v) is 9.55. The number of nitrogens with zero attached hydrogens (tertiary/aromatic N) is 3. The van der Waals surface area contributed by atoms with Crippen molar-refractivity contribution in [3.63, 3.8) is 0 Å². The minimum Gasteiger partial charge on any atom is -0.374 e. The summed E-state index contributed by atoms with van der Waals surface area (Å²) in [5, 5.41) is 0. The monoisotopic (exact) mass is 427 g/mol. The molecule has 0 unspecified atom stereocenters. The average molecular weight is 427 g/mol. The molecule has 0 N–H and O–H groups in total. The number of anilines is 1. The van der Waals surface area contributed by atoms with Crippen LogP contribution in [0.25, 0.3) is 0 Å². The Hall–Kier alpha value is -0.820. The van der Waals surface area contributed by atoms with E-state index in [9.17, 15) is 4.79 Å². The predicted octanol–water partition coefficient (Wildman–Crippen LogP) is 3.02. The van der Waals surface area contributed by atoms with Crippen LogP contribution in [0.5, 0.6) is 0 Å². The first kappa shape index (κ1) is 17.0. The van der Waals surface area contributed by atoms with E-state index in [1.54, 1.807) is 0 Å². The molecule has 126 valence electrons. The van der Waals surface area contributed by atoms with Gasteiger partial charge in [-0.05, 0) is 78.5 Å². The minimum atomic E-state index is 0.269. The molecule has 1 aromatic rings. The number of carbonyl (C=O) groups is 1. The molecular weight excluding hydrogens is 401 g/mol. The summed E-state index contributed by atoms with van der Waals surface area (Å²) >= 11 is 2.35. The van der Waals surface area contributed by atoms with Crippen LogP contribution in [0.2, 0.25) is 0 Å². The van der Waals surface area contributed by atoms with Gasteiger partial charge in [0.15, 0.2) is 0 Å². The first-order valence-electron chi connectivity index (χ1n) is 8.47. The maximum Gasteiger partial charge on any atom is 0.237 e. The molecule has 1 saturated carbocycles. The van der Waals surface area contributed by atoms with E-state index >= 15 is 0 Å². The second-order valence-electron chi connectivity index (χ2n) is 7.01. The molecule has 1 amide bonds. The lowest BCUT2D eigenvalue weighted by Crippen LogP contribution is -2.39. The molecule has 4 nitrogen and oxygen atoms in total. The van der Waals surface area contributed by atoms with Gasteiger partial charge in [-0.1, -0.05) is 0 Å². The molecule has 0 aromatic heterocycles. The molecule has 3 rings (SSSR count). The average Bonchev–Trinajstić information content (AvgIpc) is 2.88. The third-order valence-electron chi connectivity index (χ3n) is 5.29. The summed E-state index contributed by atoms with van der Waals surface area (Å²) in [6, 6.07) is 9.36. The van der Waals surface area contributed by atoms with Crippen LogP contribution in [0.4, 0.5) is 5.69 Å². The Kier molecular flexibility index (Phi) is 5.46. The van der Waals surface area contributed by atoms with Gasteiger partial charge in [-0.2, -0.15) is 0 Å². The summed E-state index contributed by atoms with van der Waals surface area (Å²) in [5.74, 6) is 1.04. The van der Waals surface area contributed by atoms with Gasteiger partial charge < -0.3 is 9.80 Å². The summed E-state index contributed by atoms with van der Waals surface area (Å²) < 4.78 is 1.28. The van der Waals surface area contributed by atoms with E-state index in [1.807, 2.05) is 11.9 Å². The molecule has 1 aliphatic heterocycles. The zero-order valence-corrected chi connectivity index (χ0v) is 16.2. The molecule has 23 heavy (non-hydrogen) atoms. The van der Waals surface area contributed by atoms with E-state index in [0.29, 0.717) is 12.6 Å². The van der Waals surface area contributed by atoms with E-state index in [-0.39, 0.29) is 5.91 Å². The Morgan fingerprint density at radius 1 is 1.17 bits per heavy atom. The van der Waals surface area contributed by atoms with E-state index in [4.69, 9.17) is 0 Å². The number of hydrogen-bond acceptors (Lipinski definition) is 3.